The lowest BCUT2D eigenvalue weighted by molar-refractivity contribution is -0.117. The molecule has 1 aliphatic rings. The van der Waals surface area contributed by atoms with Crippen molar-refractivity contribution in [2.45, 2.75) is 24.3 Å². The molecule has 1 heterocycles. The minimum Gasteiger partial charge on any atom is -0.497 e. The quantitative estimate of drug-likeness (QED) is 0.709. The van der Waals surface area contributed by atoms with E-state index in [4.69, 9.17) is 9.47 Å². The topological polar surface area (TPSA) is 76.2 Å². The zero-order valence-corrected chi connectivity index (χ0v) is 17.0. The van der Waals surface area contributed by atoms with Crippen LogP contribution in [0.25, 0.3) is 0 Å². The summed E-state index contributed by atoms with van der Waals surface area (Å²) in [7, 11) is 0.845. The van der Waals surface area contributed by atoms with Crippen molar-refractivity contribution in [3.05, 3.63) is 48.0 Å². The zero-order chi connectivity index (χ0) is 20.3. The van der Waals surface area contributed by atoms with E-state index in [1.54, 1.807) is 30.2 Å². The zero-order valence-electron chi connectivity index (χ0n) is 16.2. The molecule has 0 saturated carbocycles. The van der Waals surface area contributed by atoms with E-state index in [1.165, 1.54) is 30.6 Å². The summed E-state index contributed by atoms with van der Waals surface area (Å²) < 4.78 is 38.0. The molecule has 8 heteroatoms. The lowest BCUT2D eigenvalue weighted by Crippen LogP contribution is -2.28. The van der Waals surface area contributed by atoms with Gasteiger partial charge >= 0.3 is 0 Å². The van der Waals surface area contributed by atoms with Gasteiger partial charge in [0.2, 0.25) is 15.9 Å². The van der Waals surface area contributed by atoms with Gasteiger partial charge in [0.1, 0.15) is 11.5 Å². The Labute approximate surface area is 165 Å². The van der Waals surface area contributed by atoms with Crippen LogP contribution in [0.2, 0.25) is 0 Å². The molecule has 0 atom stereocenters. The first-order valence-electron chi connectivity index (χ1n) is 8.94. The lowest BCUT2D eigenvalue weighted by atomic mass is 10.2. The number of hydrogen-bond acceptors (Lipinski definition) is 5. The van der Waals surface area contributed by atoms with Crippen LogP contribution in [-0.4, -0.2) is 46.4 Å². The molecule has 28 heavy (non-hydrogen) atoms. The number of rotatable bonds is 7. The third-order valence-electron chi connectivity index (χ3n) is 4.76. The Kier molecular flexibility index (Phi) is 5.90. The highest BCUT2D eigenvalue weighted by Gasteiger charge is 2.28. The van der Waals surface area contributed by atoms with E-state index in [2.05, 4.69) is 0 Å². The van der Waals surface area contributed by atoms with Gasteiger partial charge in [0.05, 0.1) is 24.8 Å². The summed E-state index contributed by atoms with van der Waals surface area (Å²) in [4.78, 5) is 13.8. The summed E-state index contributed by atoms with van der Waals surface area (Å²) in [6.07, 6.45) is 1.20. The van der Waals surface area contributed by atoms with Crippen LogP contribution in [0.3, 0.4) is 0 Å². The van der Waals surface area contributed by atoms with Crippen LogP contribution in [0.1, 0.15) is 18.4 Å². The van der Waals surface area contributed by atoms with Crippen LogP contribution >= 0.6 is 0 Å². The van der Waals surface area contributed by atoms with Gasteiger partial charge in [0, 0.05) is 26.6 Å². The minimum absolute atomic E-state index is 0.0300. The number of sulfonamides is 1. The van der Waals surface area contributed by atoms with Crippen LogP contribution in [0, 0.1) is 0 Å². The van der Waals surface area contributed by atoms with Gasteiger partial charge in [-0.15, -0.1) is 0 Å². The number of hydrogen-bond donors (Lipinski definition) is 0. The Morgan fingerprint density at radius 1 is 1.11 bits per heavy atom. The Balaban J connectivity index is 1.91. The largest absolute Gasteiger partial charge is 0.497 e. The van der Waals surface area contributed by atoms with E-state index in [0.717, 1.165) is 12.0 Å². The molecular weight excluding hydrogens is 380 g/mol. The van der Waals surface area contributed by atoms with E-state index < -0.39 is 10.0 Å². The number of anilines is 1. The Hall–Kier alpha value is -2.58. The summed E-state index contributed by atoms with van der Waals surface area (Å²) in [5.41, 5.74) is 1.30. The second-order valence-electron chi connectivity index (χ2n) is 6.60. The number of methoxy groups -OCH3 is 2. The van der Waals surface area contributed by atoms with Crippen molar-refractivity contribution < 1.29 is 22.7 Å². The van der Waals surface area contributed by atoms with Crippen molar-refractivity contribution in [3.63, 3.8) is 0 Å². The molecule has 2 aromatic rings. The predicted molar refractivity (Wildman–Crippen MR) is 106 cm³/mol. The molecule has 1 saturated heterocycles. The molecule has 150 valence electrons. The smallest absolute Gasteiger partial charge is 0.243 e. The molecule has 0 N–H and O–H groups in total. The van der Waals surface area contributed by atoms with Crippen molar-refractivity contribution >= 4 is 21.6 Å². The van der Waals surface area contributed by atoms with Crippen LogP contribution < -0.4 is 14.4 Å². The molecule has 1 fully saturated rings. The molecule has 0 spiro atoms. The standard InChI is InChI=1S/C20H24N2O5S/c1-21(14-15-6-4-7-16(12-15)26-2)28(24,25)17-9-10-19(27-3)18(13-17)22-11-5-8-20(22)23/h4,6-7,9-10,12-13H,5,8,11,14H2,1-3H3. The van der Waals surface area contributed by atoms with Crippen LogP contribution in [-0.2, 0) is 21.4 Å². The van der Waals surface area contributed by atoms with Crippen molar-refractivity contribution in [2.24, 2.45) is 0 Å². The van der Waals surface area contributed by atoms with Crippen LogP contribution in [0.4, 0.5) is 5.69 Å². The molecular formula is C20H24N2O5S. The van der Waals surface area contributed by atoms with E-state index >= 15 is 0 Å². The van der Waals surface area contributed by atoms with Crippen molar-refractivity contribution in [3.8, 4) is 11.5 Å². The summed E-state index contributed by atoms with van der Waals surface area (Å²) in [6, 6.07) is 11.9. The molecule has 7 nitrogen and oxygen atoms in total. The number of nitrogens with zero attached hydrogens (tertiary/aromatic N) is 2. The Morgan fingerprint density at radius 2 is 1.89 bits per heavy atom. The highest BCUT2D eigenvalue weighted by molar-refractivity contribution is 7.89. The molecule has 2 aromatic carbocycles. The van der Waals surface area contributed by atoms with Gasteiger partial charge in [-0.2, -0.15) is 4.31 Å². The molecule has 0 unspecified atom stereocenters. The van der Waals surface area contributed by atoms with E-state index in [0.29, 0.717) is 30.2 Å². The van der Waals surface area contributed by atoms with Gasteiger partial charge in [-0.3, -0.25) is 4.79 Å². The van der Waals surface area contributed by atoms with E-state index in [-0.39, 0.29) is 17.3 Å². The SMILES string of the molecule is COc1cccc(CN(C)S(=O)(=O)c2ccc(OC)c(N3CCCC3=O)c2)c1. The van der Waals surface area contributed by atoms with Crippen molar-refractivity contribution in [1.29, 1.82) is 0 Å². The molecule has 0 aliphatic carbocycles. The monoisotopic (exact) mass is 404 g/mol. The average molecular weight is 404 g/mol. The molecule has 1 aliphatic heterocycles. The first kappa shape index (κ1) is 20.2. The molecule has 0 bridgehead atoms. The van der Waals surface area contributed by atoms with Gasteiger partial charge in [-0.05, 0) is 42.3 Å². The molecule has 3 rings (SSSR count). The van der Waals surface area contributed by atoms with Crippen LogP contribution in [0.5, 0.6) is 11.5 Å². The highest BCUT2D eigenvalue weighted by Crippen LogP contribution is 2.34. The normalized spacial score (nSPS) is 14.6. The second kappa shape index (κ2) is 8.20. The van der Waals surface area contributed by atoms with Gasteiger partial charge in [-0.1, -0.05) is 12.1 Å². The van der Waals surface area contributed by atoms with Gasteiger partial charge < -0.3 is 14.4 Å². The predicted octanol–water partition coefficient (Wildman–Crippen LogP) is 2.65. The number of carbonyl (C=O) groups is 1. The van der Waals surface area contributed by atoms with Crippen LogP contribution in [0.15, 0.2) is 47.4 Å². The fourth-order valence-electron chi connectivity index (χ4n) is 3.24. The van der Waals surface area contributed by atoms with Crippen molar-refractivity contribution in [2.75, 3.05) is 32.7 Å². The summed E-state index contributed by atoms with van der Waals surface area (Å²) in [5.74, 6) is 1.12. The number of amides is 1. The first-order chi connectivity index (χ1) is 13.4. The number of carbonyl (C=O) groups excluding carboxylic acids is 1. The minimum atomic E-state index is -3.75. The Morgan fingerprint density at radius 3 is 2.54 bits per heavy atom. The average Bonchev–Trinajstić information content (AvgIpc) is 3.13. The summed E-state index contributed by atoms with van der Waals surface area (Å²) in [6.45, 7) is 0.752. The maximum Gasteiger partial charge on any atom is 0.243 e. The van der Waals surface area contributed by atoms with E-state index in [1.807, 2.05) is 12.1 Å². The van der Waals surface area contributed by atoms with Gasteiger partial charge in [-0.25, -0.2) is 8.42 Å². The van der Waals surface area contributed by atoms with Crippen molar-refractivity contribution in [1.82, 2.24) is 4.31 Å². The van der Waals surface area contributed by atoms with Gasteiger partial charge in [0.15, 0.2) is 0 Å². The van der Waals surface area contributed by atoms with E-state index in [9.17, 15) is 13.2 Å². The fourth-order valence-corrected chi connectivity index (χ4v) is 4.42. The van der Waals surface area contributed by atoms with Gasteiger partial charge in [0.25, 0.3) is 0 Å². The third-order valence-corrected chi connectivity index (χ3v) is 6.56. The summed E-state index contributed by atoms with van der Waals surface area (Å²) in [5, 5.41) is 0. The maximum atomic E-state index is 13.1. The fraction of sp³-hybridized carbons (Fsp3) is 0.350. The number of ether oxygens (including phenoxy) is 2. The lowest BCUT2D eigenvalue weighted by Gasteiger charge is -2.22. The first-order valence-corrected chi connectivity index (χ1v) is 10.4. The molecule has 1 amide bonds. The summed E-state index contributed by atoms with van der Waals surface area (Å²) >= 11 is 0. The second-order valence-corrected chi connectivity index (χ2v) is 8.64. The molecule has 0 radical (unpaired) electrons. The third kappa shape index (κ3) is 3.98. The number of benzene rings is 2. The Bertz CT molecular complexity index is 974. The highest BCUT2D eigenvalue weighted by atomic mass is 32.2. The molecule has 0 aromatic heterocycles. The maximum absolute atomic E-state index is 13.1.